The fourth-order valence-electron chi connectivity index (χ4n) is 5.35. The summed E-state index contributed by atoms with van der Waals surface area (Å²) in [6.45, 7) is 11.9. The first kappa shape index (κ1) is 30.3. The molecule has 8 atom stereocenters. The number of esters is 1. The zero-order valence-corrected chi connectivity index (χ0v) is 23.5. The Labute approximate surface area is 218 Å². The monoisotopic (exact) mass is 503 g/mol. The topological polar surface area (TPSA) is 79.4 Å². The van der Waals surface area contributed by atoms with Crippen LogP contribution in [-0.4, -0.2) is 59.4 Å². The molecule has 2 heterocycles. The zero-order valence-electron chi connectivity index (χ0n) is 23.5. The molecule has 0 aromatic heterocycles. The summed E-state index contributed by atoms with van der Waals surface area (Å²) in [5.41, 5.74) is 1.12. The van der Waals surface area contributed by atoms with Gasteiger partial charge in [-0.05, 0) is 56.9 Å². The van der Waals surface area contributed by atoms with E-state index in [1.165, 1.54) is 6.92 Å². The molecule has 0 spiro atoms. The number of aliphatic hydroxyl groups excluding tert-OH is 1. The summed E-state index contributed by atoms with van der Waals surface area (Å²) in [5.74, 6) is 0.505. The molecule has 6 heteroatoms. The number of nitrogens with zero attached hydrogens (tertiary/aromatic N) is 1. The van der Waals surface area contributed by atoms with Crippen LogP contribution in [-0.2, 0) is 19.1 Å². The maximum atomic E-state index is 12.9. The van der Waals surface area contributed by atoms with E-state index in [-0.39, 0.29) is 54.2 Å². The molecule has 36 heavy (non-hydrogen) atoms. The second kappa shape index (κ2) is 14.7. The zero-order chi connectivity index (χ0) is 26.8. The van der Waals surface area contributed by atoms with E-state index in [1.54, 1.807) is 0 Å². The number of hydrogen-bond donors (Lipinski definition) is 1. The Morgan fingerprint density at radius 3 is 2.64 bits per heavy atom. The lowest BCUT2D eigenvalue weighted by molar-refractivity contribution is -0.144. The van der Waals surface area contributed by atoms with E-state index in [4.69, 9.17) is 9.47 Å². The number of epoxide rings is 1. The highest BCUT2D eigenvalue weighted by Crippen LogP contribution is 2.36. The molecular formula is C30H49NO5. The van der Waals surface area contributed by atoms with Gasteiger partial charge in [-0.2, -0.15) is 0 Å². The van der Waals surface area contributed by atoms with Gasteiger partial charge < -0.3 is 19.5 Å². The molecule has 1 N–H and O–H groups in total. The van der Waals surface area contributed by atoms with Crippen LogP contribution in [0.3, 0.4) is 0 Å². The van der Waals surface area contributed by atoms with Crippen molar-refractivity contribution in [2.75, 3.05) is 7.05 Å². The number of carbonyl (C=O) groups excluding carboxylic acids is 2. The van der Waals surface area contributed by atoms with Gasteiger partial charge in [-0.3, -0.25) is 9.59 Å². The maximum absolute atomic E-state index is 12.9. The largest absolute Gasteiger partial charge is 0.458 e. The molecule has 0 aromatic carbocycles. The molecule has 1 amide bonds. The molecule has 0 saturated carbocycles. The number of allylic oxidation sites excluding steroid dienone is 3. The number of hydrogen-bond acceptors (Lipinski definition) is 5. The molecule has 2 unspecified atom stereocenters. The highest BCUT2D eigenvalue weighted by Gasteiger charge is 2.44. The van der Waals surface area contributed by atoms with Gasteiger partial charge in [0, 0.05) is 26.3 Å². The standard InChI is InChI=1S/C30H49NO5/c1-8-26(33)23(5)30-27(36-30)19-20(2)13-12-14-21(3)29-22(4)17-18-25(35-24(6)32)15-10-9-11-16-28(34)31(29)7/h12-14,17-18,20,22-23,25-27,29-30,33H,8-11,15-16,19H2,1-7H3/t20-,22+,23-,25?,26+,27-,29?,30-/m1/s1. The van der Waals surface area contributed by atoms with Crippen LogP contribution in [0, 0.1) is 17.8 Å². The van der Waals surface area contributed by atoms with E-state index in [1.807, 2.05) is 24.9 Å². The second-order valence-corrected chi connectivity index (χ2v) is 10.9. The Morgan fingerprint density at radius 2 is 1.97 bits per heavy atom. The third kappa shape index (κ3) is 9.51. The highest BCUT2D eigenvalue weighted by atomic mass is 16.6. The smallest absolute Gasteiger partial charge is 0.303 e. The quantitative estimate of drug-likeness (QED) is 0.192. The lowest BCUT2D eigenvalue weighted by atomic mass is 9.91. The molecule has 0 radical (unpaired) electrons. The molecular weight excluding hydrogens is 454 g/mol. The van der Waals surface area contributed by atoms with Crippen molar-refractivity contribution in [2.45, 2.75) is 117 Å². The van der Waals surface area contributed by atoms with Gasteiger partial charge in [0.2, 0.25) is 5.91 Å². The lowest BCUT2D eigenvalue weighted by Crippen LogP contribution is -2.41. The van der Waals surface area contributed by atoms with E-state index in [0.717, 1.165) is 44.1 Å². The third-order valence-corrected chi connectivity index (χ3v) is 7.67. The van der Waals surface area contributed by atoms with E-state index in [2.05, 4.69) is 52.0 Å². The molecule has 1 saturated heterocycles. The number of ether oxygens (including phenoxy) is 2. The molecule has 0 aromatic rings. The average molecular weight is 504 g/mol. The van der Waals surface area contributed by atoms with Gasteiger partial charge in [0.25, 0.3) is 0 Å². The van der Waals surface area contributed by atoms with Crippen molar-refractivity contribution in [3.63, 3.8) is 0 Å². The van der Waals surface area contributed by atoms with Crippen LogP contribution >= 0.6 is 0 Å². The normalized spacial score (nSPS) is 30.9. The van der Waals surface area contributed by atoms with E-state index < -0.39 is 0 Å². The summed E-state index contributed by atoms with van der Waals surface area (Å²) in [6, 6.07) is -0.0707. The van der Waals surface area contributed by atoms with Gasteiger partial charge in [0.15, 0.2) is 0 Å². The lowest BCUT2D eigenvalue weighted by Gasteiger charge is -2.33. The number of aliphatic hydroxyl groups is 1. The first-order chi connectivity index (χ1) is 17.0. The predicted octanol–water partition coefficient (Wildman–Crippen LogP) is 5.60. The Kier molecular flexibility index (Phi) is 12.4. The highest BCUT2D eigenvalue weighted by molar-refractivity contribution is 5.76. The van der Waals surface area contributed by atoms with Crippen LogP contribution in [0.15, 0.2) is 36.0 Å². The minimum Gasteiger partial charge on any atom is -0.458 e. The van der Waals surface area contributed by atoms with Crippen molar-refractivity contribution in [1.29, 1.82) is 0 Å². The summed E-state index contributed by atoms with van der Waals surface area (Å²) in [7, 11) is 1.90. The summed E-state index contributed by atoms with van der Waals surface area (Å²) >= 11 is 0. The minimum atomic E-state index is -0.303. The van der Waals surface area contributed by atoms with Gasteiger partial charge in [0.1, 0.15) is 6.10 Å². The van der Waals surface area contributed by atoms with Crippen LogP contribution in [0.1, 0.15) is 86.5 Å². The van der Waals surface area contributed by atoms with Crippen LogP contribution in [0.5, 0.6) is 0 Å². The van der Waals surface area contributed by atoms with Crippen LogP contribution in [0.2, 0.25) is 0 Å². The van der Waals surface area contributed by atoms with E-state index in [0.29, 0.717) is 12.3 Å². The molecule has 2 aliphatic heterocycles. The number of likely N-dealkylation sites (N-methyl/N-ethyl adjacent to an activating group) is 1. The SMILES string of the molecule is CC[C@H](O)[C@@H](C)[C@H]1O[C@@H]1C[C@H](C)C=CC=C(C)C1[C@@H](C)C=CC(OC(C)=O)CCCCCC(=O)N1C. The number of amides is 1. The first-order valence-electron chi connectivity index (χ1n) is 13.8. The minimum absolute atomic E-state index is 0.0707. The van der Waals surface area contributed by atoms with Gasteiger partial charge in [-0.15, -0.1) is 0 Å². The van der Waals surface area contributed by atoms with E-state index in [9.17, 15) is 14.7 Å². The van der Waals surface area contributed by atoms with Crippen LogP contribution < -0.4 is 0 Å². The van der Waals surface area contributed by atoms with Gasteiger partial charge >= 0.3 is 5.97 Å². The molecule has 204 valence electrons. The summed E-state index contributed by atoms with van der Waals surface area (Å²) in [6.07, 6.45) is 16.1. The van der Waals surface area contributed by atoms with Gasteiger partial charge in [-0.25, -0.2) is 0 Å². The van der Waals surface area contributed by atoms with Crippen molar-refractivity contribution < 1.29 is 24.2 Å². The van der Waals surface area contributed by atoms with Crippen molar-refractivity contribution >= 4 is 11.9 Å². The Balaban J connectivity index is 2.07. The summed E-state index contributed by atoms with van der Waals surface area (Å²) in [5, 5.41) is 10.1. The van der Waals surface area contributed by atoms with Crippen LogP contribution in [0.4, 0.5) is 0 Å². The van der Waals surface area contributed by atoms with E-state index >= 15 is 0 Å². The Hall–Kier alpha value is -1.92. The molecule has 2 aliphatic rings. The number of carbonyl (C=O) groups is 2. The molecule has 0 aliphatic carbocycles. The summed E-state index contributed by atoms with van der Waals surface area (Å²) in [4.78, 5) is 26.3. The Bertz CT molecular complexity index is 803. The molecule has 1 fully saturated rings. The number of rotatable bonds is 9. The van der Waals surface area contributed by atoms with Crippen molar-refractivity contribution in [3.05, 3.63) is 36.0 Å². The fourth-order valence-corrected chi connectivity index (χ4v) is 5.35. The van der Waals surface area contributed by atoms with Crippen molar-refractivity contribution in [2.24, 2.45) is 17.8 Å². The Morgan fingerprint density at radius 1 is 1.25 bits per heavy atom. The predicted molar refractivity (Wildman–Crippen MR) is 144 cm³/mol. The van der Waals surface area contributed by atoms with Gasteiger partial charge in [-0.1, -0.05) is 64.0 Å². The molecule has 6 nitrogen and oxygen atoms in total. The van der Waals surface area contributed by atoms with Gasteiger partial charge in [0.05, 0.1) is 24.4 Å². The van der Waals surface area contributed by atoms with Crippen LogP contribution in [0.25, 0.3) is 0 Å². The fraction of sp³-hybridized carbons (Fsp3) is 0.733. The second-order valence-electron chi connectivity index (χ2n) is 10.9. The van der Waals surface area contributed by atoms with Crippen molar-refractivity contribution in [3.8, 4) is 0 Å². The average Bonchev–Trinajstić information content (AvgIpc) is 3.58. The third-order valence-electron chi connectivity index (χ3n) is 7.67. The van der Waals surface area contributed by atoms with Crippen molar-refractivity contribution in [1.82, 2.24) is 4.90 Å². The first-order valence-corrected chi connectivity index (χ1v) is 13.8. The summed E-state index contributed by atoms with van der Waals surface area (Å²) < 4.78 is 11.3. The molecule has 2 rings (SSSR count). The maximum Gasteiger partial charge on any atom is 0.303 e. The molecule has 0 bridgehead atoms.